The van der Waals surface area contributed by atoms with Crippen molar-refractivity contribution in [3.63, 3.8) is 0 Å². The Morgan fingerprint density at radius 1 is 1.04 bits per heavy atom. The molecule has 0 spiro atoms. The second kappa shape index (κ2) is 9.97. The molecule has 0 radical (unpaired) electrons. The van der Waals surface area contributed by atoms with Crippen molar-refractivity contribution in [2.45, 2.75) is 13.3 Å². The molecule has 1 fully saturated rings. The van der Waals surface area contributed by atoms with Gasteiger partial charge in [-0.3, -0.25) is 0 Å². The van der Waals surface area contributed by atoms with Crippen LogP contribution in [-0.2, 0) is 0 Å². The van der Waals surface area contributed by atoms with E-state index in [9.17, 15) is 9.18 Å². The van der Waals surface area contributed by atoms with Crippen molar-refractivity contribution < 1.29 is 9.18 Å². The smallest absolute Gasteiger partial charge is 0.317 e. The van der Waals surface area contributed by atoms with Crippen molar-refractivity contribution in [3.8, 4) is 0 Å². The first-order valence-corrected chi connectivity index (χ1v) is 10.0. The molecular formula is C22H29FN4O. The van der Waals surface area contributed by atoms with Crippen LogP contribution >= 0.6 is 0 Å². The van der Waals surface area contributed by atoms with E-state index >= 15 is 0 Å². The third kappa shape index (κ3) is 5.15. The molecule has 0 saturated carbocycles. The zero-order valence-corrected chi connectivity index (χ0v) is 16.5. The predicted molar refractivity (Wildman–Crippen MR) is 113 cm³/mol. The van der Waals surface area contributed by atoms with Crippen molar-refractivity contribution in [3.05, 3.63) is 60.4 Å². The van der Waals surface area contributed by atoms with Crippen molar-refractivity contribution in [1.82, 2.24) is 10.2 Å². The van der Waals surface area contributed by atoms with Crippen molar-refractivity contribution in [2.75, 3.05) is 55.6 Å². The number of hydrogen-bond donors (Lipinski definition) is 1. The van der Waals surface area contributed by atoms with Crippen LogP contribution in [0.4, 0.5) is 20.6 Å². The molecule has 0 atom stereocenters. The number of piperazine rings is 1. The lowest BCUT2D eigenvalue weighted by Gasteiger charge is -2.36. The van der Waals surface area contributed by atoms with Crippen LogP contribution in [0.1, 0.15) is 13.3 Å². The molecular weight excluding hydrogens is 355 g/mol. The molecule has 1 aliphatic heterocycles. The van der Waals surface area contributed by atoms with E-state index in [-0.39, 0.29) is 11.8 Å². The monoisotopic (exact) mass is 384 g/mol. The molecule has 2 aromatic carbocycles. The Labute approximate surface area is 166 Å². The van der Waals surface area contributed by atoms with Crippen LogP contribution in [0.3, 0.4) is 0 Å². The van der Waals surface area contributed by atoms with Gasteiger partial charge in [-0.15, -0.1) is 0 Å². The maximum atomic E-state index is 13.9. The lowest BCUT2D eigenvalue weighted by atomic mass is 10.2. The van der Waals surface area contributed by atoms with E-state index in [1.165, 1.54) is 11.8 Å². The van der Waals surface area contributed by atoms with E-state index in [0.717, 1.165) is 19.5 Å². The molecule has 1 heterocycles. The van der Waals surface area contributed by atoms with Crippen molar-refractivity contribution >= 4 is 17.4 Å². The standard InChI is InChI=1S/C22H29FN4O/c1-2-25(19-9-4-3-5-10-19)14-8-13-24-22(28)27-17-15-26(16-18-27)21-12-7-6-11-20(21)23/h3-7,9-12H,2,8,13-18H2,1H3,(H,24,28). The highest BCUT2D eigenvalue weighted by Gasteiger charge is 2.22. The van der Waals surface area contributed by atoms with Gasteiger partial charge < -0.3 is 20.0 Å². The molecule has 1 saturated heterocycles. The van der Waals surface area contributed by atoms with E-state index in [1.54, 1.807) is 12.1 Å². The Bertz CT molecular complexity index is 747. The number of amides is 2. The highest BCUT2D eigenvalue weighted by Crippen LogP contribution is 2.20. The number of carbonyl (C=O) groups is 1. The van der Waals surface area contributed by atoms with Gasteiger partial charge in [0.2, 0.25) is 0 Å². The van der Waals surface area contributed by atoms with Crippen LogP contribution in [0.5, 0.6) is 0 Å². The largest absolute Gasteiger partial charge is 0.372 e. The Morgan fingerprint density at radius 3 is 2.39 bits per heavy atom. The summed E-state index contributed by atoms with van der Waals surface area (Å²) in [4.78, 5) is 18.5. The molecule has 2 amide bonds. The topological polar surface area (TPSA) is 38.8 Å². The summed E-state index contributed by atoms with van der Waals surface area (Å²) in [5.41, 5.74) is 1.82. The summed E-state index contributed by atoms with van der Waals surface area (Å²) in [6.45, 7) is 7.13. The summed E-state index contributed by atoms with van der Waals surface area (Å²) in [5.74, 6) is -0.209. The fraction of sp³-hybridized carbons (Fsp3) is 0.409. The minimum Gasteiger partial charge on any atom is -0.372 e. The molecule has 0 aliphatic carbocycles. The second-order valence-electron chi connectivity index (χ2n) is 6.93. The van der Waals surface area contributed by atoms with Crippen molar-refractivity contribution in [1.29, 1.82) is 0 Å². The van der Waals surface area contributed by atoms with Gasteiger partial charge >= 0.3 is 6.03 Å². The molecule has 1 N–H and O–H groups in total. The van der Waals surface area contributed by atoms with Gasteiger partial charge in [-0.05, 0) is 37.6 Å². The molecule has 5 nitrogen and oxygen atoms in total. The van der Waals surface area contributed by atoms with Gasteiger partial charge in [0, 0.05) is 51.5 Å². The number of nitrogens with zero attached hydrogens (tertiary/aromatic N) is 3. The quantitative estimate of drug-likeness (QED) is 0.742. The molecule has 2 aromatic rings. The second-order valence-corrected chi connectivity index (χ2v) is 6.93. The molecule has 3 rings (SSSR count). The molecule has 0 aromatic heterocycles. The van der Waals surface area contributed by atoms with Crippen LogP contribution < -0.4 is 15.1 Å². The summed E-state index contributed by atoms with van der Waals surface area (Å²) in [6.07, 6.45) is 0.893. The van der Waals surface area contributed by atoms with Gasteiger partial charge in [-0.1, -0.05) is 30.3 Å². The summed E-state index contributed by atoms with van der Waals surface area (Å²) >= 11 is 0. The van der Waals surface area contributed by atoms with Gasteiger partial charge in [0.05, 0.1) is 5.69 Å². The minimum absolute atomic E-state index is 0.0315. The van der Waals surface area contributed by atoms with E-state index in [1.807, 2.05) is 34.1 Å². The number of anilines is 2. The maximum absolute atomic E-state index is 13.9. The van der Waals surface area contributed by atoms with Crippen LogP contribution in [-0.4, -0.2) is 56.7 Å². The Kier molecular flexibility index (Phi) is 7.12. The Hall–Kier alpha value is -2.76. The number of benzene rings is 2. The van der Waals surface area contributed by atoms with E-state index < -0.39 is 0 Å². The third-order valence-electron chi connectivity index (χ3n) is 5.14. The summed E-state index contributed by atoms with van der Waals surface area (Å²) < 4.78 is 13.9. The molecule has 0 unspecified atom stereocenters. The van der Waals surface area contributed by atoms with Gasteiger partial charge in [0.1, 0.15) is 5.82 Å². The average molecular weight is 384 g/mol. The van der Waals surface area contributed by atoms with Crippen LogP contribution in [0.2, 0.25) is 0 Å². The summed E-state index contributed by atoms with van der Waals surface area (Å²) in [6, 6.07) is 17.1. The highest BCUT2D eigenvalue weighted by molar-refractivity contribution is 5.74. The highest BCUT2D eigenvalue weighted by atomic mass is 19.1. The minimum atomic E-state index is -0.209. The lowest BCUT2D eigenvalue weighted by Crippen LogP contribution is -2.52. The number of urea groups is 1. The lowest BCUT2D eigenvalue weighted by molar-refractivity contribution is 0.194. The molecule has 150 valence electrons. The van der Waals surface area contributed by atoms with Gasteiger partial charge in [0.25, 0.3) is 0 Å². The number of carbonyl (C=O) groups excluding carboxylic acids is 1. The number of halogens is 1. The third-order valence-corrected chi connectivity index (χ3v) is 5.14. The molecule has 6 heteroatoms. The fourth-order valence-corrected chi connectivity index (χ4v) is 3.54. The van der Waals surface area contributed by atoms with Crippen molar-refractivity contribution in [2.24, 2.45) is 0 Å². The first-order valence-electron chi connectivity index (χ1n) is 10.0. The normalized spacial score (nSPS) is 14.1. The first kappa shape index (κ1) is 20.0. The van der Waals surface area contributed by atoms with E-state index in [2.05, 4.69) is 29.3 Å². The molecule has 1 aliphatic rings. The van der Waals surface area contributed by atoms with Crippen LogP contribution in [0.25, 0.3) is 0 Å². The molecule has 28 heavy (non-hydrogen) atoms. The number of hydrogen-bond acceptors (Lipinski definition) is 3. The van der Waals surface area contributed by atoms with Gasteiger partial charge in [-0.2, -0.15) is 0 Å². The number of para-hydroxylation sites is 2. The zero-order valence-electron chi connectivity index (χ0n) is 16.5. The van der Waals surface area contributed by atoms with E-state index in [0.29, 0.717) is 38.4 Å². The average Bonchev–Trinajstić information content (AvgIpc) is 2.75. The Morgan fingerprint density at radius 2 is 1.71 bits per heavy atom. The van der Waals surface area contributed by atoms with Gasteiger partial charge in [0.15, 0.2) is 0 Å². The maximum Gasteiger partial charge on any atom is 0.317 e. The first-order chi connectivity index (χ1) is 13.7. The SMILES string of the molecule is CCN(CCCNC(=O)N1CCN(c2ccccc2F)CC1)c1ccccc1. The van der Waals surface area contributed by atoms with Crippen LogP contribution in [0.15, 0.2) is 54.6 Å². The Balaban J connectivity index is 1.38. The zero-order chi connectivity index (χ0) is 19.8. The van der Waals surface area contributed by atoms with Crippen LogP contribution in [0, 0.1) is 5.82 Å². The number of rotatable bonds is 7. The van der Waals surface area contributed by atoms with Gasteiger partial charge in [-0.25, -0.2) is 9.18 Å². The fourth-order valence-electron chi connectivity index (χ4n) is 3.54. The van der Waals surface area contributed by atoms with E-state index in [4.69, 9.17) is 0 Å². The molecule has 0 bridgehead atoms. The summed E-state index contributed by atoms with van der Waals surface area (Å²) in [5, 5.41) is 3.02. The number of nitrogens with one attached hydrogen (secondary N) is 1. The summed E-state index contributed by atoms with van der Waals surface area (Å²) in [7, 11) is 0. The predicted octanol–water partition coefficient (Wildman–Crippen LogP) is 3.57.